The zero-order chi connectivity index (χ0) is 14.8. The molecule has 1 heterocycles. The summed E-state index contributed by atoms with van der Waals surface area (Å²) in [5.41, 5.74) is 1.53. The van der Waals surface area contributed by atoms with Crippen molar-refractivity contribution in [1.82, 2.24) is 15.0 Å². The second-order valence-electron chi connectivity index (χ2n) is 5.05. The molecule has 5 heteroatoms. The third-order valence-corrected chi connectivity index (χ3v) is 3.37. The molecular formula is C16H17N3O2. The molecule has 3 aromatic rings. The van der Waals surface area contributed by atoms with Crippen LogP contribution in [0.5, 0.6) is 5.75 Å². The first-order valence-corrected chi connectivity index (χ1v) is 6.83. The van der Waals surface area contributed by atoms with Crippen LogP contribution in [-0.4, -0.2) is 20.1 Å². The molecule has 0 aliphatic heterocycles. The third kappa shape index (κ3) is 2.73. The molecule has 1 N–H and O–H groups in total. The van der Waals surface area contributed by atoms with E-state index in [-0.39, 0.29) is 0 Å². The molecule has 1 atom stereocenters. The van der Waals surface area contributed by atoms with Gasteiger partial charge in [0.25, 0.3) is 0 Å². The monoisotopic (exact) mass is 283 g/mol. The molecule has 0 fully saturated rings. The van der Waals surface area contributed by atoms with Crippen molar-refractivity contribution in [3.63, 3.8) is 0 Å². The van der Waals surface area contributed by atoms with E-state index in [1.54, 1.807) is 11.6 Å². The van der Waals surface area contributed by atoms with Gasteiger partial charge in [-0.05, 0) is 12.3 Å². The first-order valence-electron chi connectivity index (χ1n) is 6.83. The maximum absolute atomic E-state index is 9.95. The lowest BCUT2D eigenvalue weighted by Gasteiger charge is -2.15. The predicted octanol–water partition coefficient (Wildman–Crippen LogP) is 2.60. The van der Waals surface area contributed by atoms with E-state index in [9.17, 15) is 5.11 Å². The summed E-state index contributed by atoms with van der Waals surface area (Å²) >= 11 is 0. The molecular weight excluding hydrogens is 266 g/mol. The maximum atomic E-state index is 9.95. The van der Waals surface area contributed by atoms with Gasteiger partial charge in [-0.15, -0.1) is 5.10 Å². The van der Waals surface area contributed by atoms with Crippen molar-refractivity contribution in [2.24, 2.45) is 7.05 Å². The molecule has 0 saturated heterocycles. The van der Waals surface area contributed by atoms with Crippen molar-refractivity contribution >= 4 is 10.8 Å². The summed E-state index contributed by atoms with van der Waals surface area (Å²) in [6, 6.07) is 11.9. The second-order valence-corrected chi connectivity index (χ2v) is 5.05. The van der Waals surface area contributed by atoms with Crippen LogP contribution in [0, 0.1) is 0 Å². The molecule has 3 rings (SSSR count). The molecule has 0 unspecified atom stereocenters. The summed E-state index contributed by atoms with van der Waals surface area (Å²) in [5, 5.41) is 19.9. The number of rotatable bonds is 4. The Kier molecular flexibility index (Phi) is 3.58. The quantitative estimate of drug-likeness (QED) is 0.799. The lowest BCUT2D eigenvalue weighted by Crippen LogP contribution is -2.02. The van der Waals surface area contributed by atoms with Crippen LogP contribution in [-0.2, 0) is 13.7 Å². The molecule has 2 aromatic carbocycles. The summed E-state index contributed by atoms with van der Waals surface area (Å²) < 4.78 is 7.57. The highest BCUT2D eigenvalue weighted by atomic mass is 16.5. The Morgan fingerprint density at radius 3 is 2.76 bits per heavy atom. The van der Waals surface area contributed by atoms with Crippen LogP contribution >= 0.6 is 0 Å². The van der Waals surface area contributed by atoms with Crippen molar-refractivity contribution in [2.45, 2.75) is 19.6 Å². The smallest absolute Gasteiger partial charge is 0.134 e. The Labute approximate surface area is 122 Å². The van der Waals surface area contributed by atoms with Crippen LogP contribution in [0.1, 0.15) is 24.3 Å². The van der Waals surface area contributed by atoms with E-state index in [1.165, 1.54) is 0 Å². The van der Waals surface area contributed by atoms with Crippen LogP contribution < -0.4 is 4.74 Å². The number of aryl methyl sites for hydroxylation is 1. The standard InChI is InChI=1S/C16H17N3O2/c1-11(20)14-8-7-12-5-3-4-6-15(12)16(14)21-10-13-9-19(2)18-17-13/h3-9,11,20H,10H2,1-2H3/t11-/m1/s1. The van der Waals surface area contributed by atoms with E-state index in [2.05, 4.69) is 10.3 Å². The van der Waals surface area contributed by atoms with Crippen LogP contribution in [0.15, 0.2) is 42.6 Å². The van der Waals surface area contributed by atoms with Crippen molar-refractivity contribution in [3.05, 3.63) is 53.9 Å². The minimum absolute atomic E-state index is 0.321. The van der Waals surface area contributed by atoms with Gasteiger partial charge in [-0.3, -0.25) is 4.68 Å². The van der Waals surface area contributed by atoms with E-state index in [0.29, 0.717) is 12.4 Å². The van der Waals surface area contributed by atoms with Crippen molar-refractivity contribution in [1.29, 1.82) is 0 Å². The molecule has 0 amide bonds. The number of ether oxygens (including phenoxy) is 1. The van der Waals surface area contributed by atoms with E-state index < -0.39 is 6.10 Å². The SMILES string of the molecule is C[C@@H](O)c1ccc2ccccc2c1OCc1cn(C)nn1. The largest absolute Gasteiger partial charge is 0.486 e. The topological polar surface area (TPSA) is 60.2 Å². The Bertz CT molecular complexity index is 765. The predicted molar refractivity (Wildman–Crippen MR) is 79.9 cm³/mol. The van der Waals surface area contributed by atoms with Crippen molar-refractivity contribution in [2.75, 3.05) is 0 Å². The van der Waals surface area contributed by atoms with E-state index in [4.69, 9.17) is 4.74 Å². The molecule has 0 saturated carbocycles. The number of aliphatic hydroxyl groups excluding tert-OH is 1. The molecule has 0 aliphatic carbocycles. The number of fused-ring (bicyclic) bond motifs is 1. The van der Waals surface area contributed by atoms with Gasteiger partial charge < -0.3 is 9.84 Å². The maximum Gasteiger partial charge on any atom is 0.134 e. The molecule has 0 bridgehead atoms. The van der Waals surface area contributed by atoms with Gasteiger partial charge >= 0.3 is 0 Å². The lowest BCUT2D eigenvalue weighted by molar-refractivity contribution is 0.190. The average Bonchev–Trinajstić information content (AvgIpc) is 2.90. The van der Waals surface area contributed by atoms with Gasteiger partial charge in [-0.1, -0.05) is 41.6 Å². The van der Waals surface area contributed by atoms with E-state index >= 15 is 0 Å². The highest BCUT2D eigenvalue weighted by molar-refractivity contribution is 5.89. The van der Waals surface area contributed by atoms with E-state index in [1.807, 2.05) is 49.6 Å². The summed E-state index contributed by atoms with van der Waals surface area (Å²) in [5.74, 6) is 0.703. The van der Waals surface area contributed by atoms with Gasteiger partial charge in [0, 0.05) is 18.0 Å². The molecule has 0 radical (unpaired) electrons. The first-order chi connectivity index (χ1) is 10.1. The van der Waals surface area contributed by atoms with Crippen LogP contribution in [0.4, 0.5) is 0 Å². The Morgan fingerprint density at radius 2 is 2.05 bits per heavy atom. The van der Waals surface area contributed by atoms with Crippen LogP contribution in [0.25, 0.3) is 10.8 Å². The second kappa shape index (κ2) is 5.54. The average molecular weight is 283 g/mol. The van der Waals surface area contributed by atoms with Crippen LogP contribution in [0.3, 0.4) is 0 Å². The minimum atomic E-state index is -0.591. The van der Waals surface area contributed by atoms with Gasteiger partial charge in [-0.25, -0.2) is 0 Å². The van der Waals surface area contributed by atoms with Gasteiger partial charge in [0.1, 0.15) is 18.1 Å². The minimum Gasteiger partial charge on any atom is -0.486 e. The van der Waals surface area contributed by atoms with Gasteiger partial charge in [0.15, 0.2) is 0 Å². The Hall–Kier alpha value is -2.40. The fourth-order valence-corrected chi connectivity index (χ4v) is 2.36. The van der Waals surface area contributed by atoms with Crippen LogP contribution in [0.2, 0.25) is 0 Å². The Morgan fingerprint density at radius 1 is 1.24 bits per heavy atom. The summed E-state index contributed by atoms with van der Waals surface area (Å²) in [7, 11) is 1.82. The highest BCUT2D eigenvalue weighted by Crippen LogP contribution is 2.34. The number of hydrogen-bond acceptors (Lipinski definition) is 4. The molecule has 5 nitrogen and oxygen atoms in total. The highest BCUT2D eigenvalue weighted by Gasteiger charge is 2.13. The first kappa shape index (κ1) is 13.6. The number of aliphatic hydroxyl groups is 1. The third-order valence-electron chi connectivity index (χ3n) is 3.37. The zero-order valence-corrected chi connectivity index (χ0v) is 12.0. The Balaban J connectivity index is 1.99. The summed E-state index contributed by atoms with van der Waals surface area (Å²) in [4.78, 5) is 0. The normalized spacial score (nSPS) is 12.5. The number of nitrogens with zero attached hydrogens (tertiary/aromatic N) is 3. The number of aromatic nitrogens is 3. The summed E-state index contributed by atoms with van der Waals surface area (Å²) in [6.45, 7) is 2.06. The molecule has 1 aromatic heterocycles. The number of benzene rings is 2. The fourth-order valence-electron chi connectivity index (χ4n) is 2.36. The van der Waals surface area contributed by atoms with Gasteiger partial charge in [0.2, 0.25) is 0 Å². The molecule has 21 heavy (non-hydrogen) atoms. The zero-order valence-electron chi connectivity index (χ0n) is 12.0. The lowest BCUT2D eigenvalue weighted by atomic mass is 10.0. The van der Waals surface area contributed by atoms with Gasteiger partial charge in [0.05, 0.1) is 12.3 Å². The molecule has 0 spiro atoms. The van der Waals surface area contributed by atoms with Crippen molar-refractivity contribution in [3.8, 4) is 5.75 Å². The molecule has 108 valence electrons. The van der Waals surface area contributed by atoms with Gasteiger partial charge in [-0.2, -0.15) is 0 Å². The fraction of sp³-hybridized carbons (Fsp3) is 0.250. The van der Waals surface area contributed by atoms with Crippen molar-refractivity contribution < 1.29 is 9.84 Å². The summed E-state index contributed by atoms with van der Waals surface area (Å²) in [6.07, 6.45) is 1.22. The number of hydrogen-bond donors (Lipinski definition) is 1. The van der Waals surface area contributed by atoms with E-state index in [0.717, 1.165) is 22.0 Å². The molecule has 0 aliphatic rings.